The van der Waals surface area contributed by atoms with E-state index in [4.69, 9.17) is 16.3 Å². The Balaban J connectivity index is 1.70. The number of hydrogen-bond acceptors (Lipinski definition) is 3. The third-order valence-corrected chi connectivity index (χ3v) is 5.39. The minimum Gasteiger partial charge on any atom is -0.465 e. The topological polar surface area (TPSA) is 63.6 Å². The van der Waals surface area contributed by atoms with Crippen LogP contribution < -0.4 is 5.32 Å². The number of ether oxygens (including phenoxy) is 1. The fraction of sp³-hybridized carbons (Fsp3) is 0.182. The molecule has 1 aliphatic heterocycles. The molecule has 1 N–H and O–H groups in total. The van der Waals surface area contributed by atoms with Crippen LogP contribution in [0.3, 0.4) is 0 Å². The molecule has 2 aromatic carbocycles. The second-order valence-corrected chi connectivity index (χ2v) is 7.28. The summed E-state index contributed by atoms with van der Waals surface area (Å²) in [5, 5.41) is 3.25. The molecule has 7 heteroatoms. The molecule has 1 unspecified atom stereocenters. The Morgan fingerprint density at radius 2 is 1.93 bits per heavy atom. The molecule has 2 amide bonds. The first-order valence-corrected chi connectivity index (χ1v) is 9.58. The van der Waals surface area contributed by atoms with Crippen LogP contribution in [-0.4, -0.2) is 28.6 Å². The van der Waals surface area contributed by atoms with Gasteiger partial charge in [-0.2, -0.15) is 0 Å². The van der Waals surface area contributed by atoms with Crippen molar-refractivity contribution >= 4 is 29.3 Å². The molecule has 148 valence electrons. The van der Waals surface area contributed by atoms with Crippen molar-refractivity contribution in [2.24, 2.45) is 0 Å². The highest BCUT2D eigenvalue weighted by Gasteiger charge is 2.29. The van der Waals surface area contributed by atoms with Crippen molar-refractivity contribution in [3.63, 3.8) is 0 Å². The molecule has 0 saturated carbocycles. The number of rotatable bonds is 2. The van der Waals surface area contributed by atoms with Gasteiger partial charge in [0.2, 0.25) is 0 Å². The Kier molecular flexibility index (Phi) is 5.03. The lowest BCUT2D eigenvalue weighted by Gasteiger charge is -2.28. The summed E-state index contributed by atoms with van der Waals surface area (Å²) >= 11 is 6.09. The van der Waals surface area contributed by atoms with Crippen molar-refractivity contribution < 1.29 is 14.3 Å². The van der Waals surface area contributed by atoms with E-state index in [1.165, 1.54) is 13.2 Å². The monoisotopic (exact) mass is 409 g/mol. The summed E-state index contributed by atoms with van der Waals surface area (Å²) in [6.07, 6.45) is 2.00. The predicted octanol–water partition coefficient (Wildman–Crippen LogP) is 5.03. The zero-order valence-electron chi connectivity index (χ0n) is 16.1. The van der Waals surface area contributed by atoms with E-state index < -0.39 is 5.97 Å². The number of esters is 1. The zero-order valence-corrected chi connectivity index (χ0v) is 16.8. The molecule has 3 aromatic rings. The number of carbonyl (C=O) groups excluding carboxylic acids is 2. The lowest BCUT2D eigenvalue weighted by atomic mass is 10.1. The van der Waals surface area contributed by atoms with E-state index in [1.54, 1.807) is 17.0 Å². The van der Waals surface area contributed by atoms with Gasteiger partial charge in [-0.05, 0) is 48.9 Å². The van der Waals surface area contributed by atoms with E-state index in [2.05, 4.69) is 9.88 Å². The molecule has 1 atom stereocenters. The summed E-state index contributed by atoms with van der Waals surface area (Å²) in [5.41, 5.74) is 3.65. The van der Waals surface area contributed by atoms with E-state index in [-0.39, 0.29) is 17.6 Å². The molecule has 0 aliphatic carbocycles. The van der Waals surface area contributed by atoms with Gasteiger partial charge in [0.05, 0.1) is 36.6 Å². The molecule has 0 spiro atoms. The van der Waals surface area contributed by atoms with Crippen LogP contribution in [0.5, 0.6) is 0 Å². The van der Waals surface area contributed by atoms with Crippen LogP contribution in [0.2, 0.25) is 5.02 Å². The first kappa shape index (κ1) is 19.1. The van der Waals surface area contributed by atoms with Gasteiger partial charge in [-0.25, -0.2) is 9.59 Å². The number of benzene rings is 2. The number of aromatic nitrogens is 1. The largest absolute Gasteiger partial charge is 0.465 e. The molecule has 0 saturated heterocycles. The highest BCUT2D eigenvalue weighted by atomic mass is 35.5. The lowest BCUT2D eigenvalue weighted by Crippen LogP contribution is -2.36. The van der Waals surface area contributed by atoms with Gasteiger partial charge in [0.1, 0.15) is 0 Å². The minimum atomic E-state index is -0.542. The summed E-state index contributed by atoms with van der Waals surface area (Å²) in [7, 11) is 1.30. The second kappa shape index (κ2) is 7.64. The molecule has 0 radical (unpaired) electrons. The maximum Gasteiger partial charge on any atom is 0.339 e. The van der Waals surface area contributed by atoms with E-state index >= 15 is 0 Å². The van der Waals surface area contributed by atoms with Crippen LogP contribution >= 0.6 is 11.6 Å². The molecule has 6 nitrogen and oxygen atoms in total. The number of methoxy groups -OCH3 is 1. The highest BCUT2D eigenvalue weighted by molar-refractivity contribution is 6.31. The van der Waals surface area contributed by atoms with Crippen LogP contribution in [0.25, 0.3) is 5.69 Å². The minimum absolute atomic E-state index is 0.182. The molecule has 0 bridgehead atoms. The molecule has 2 heterocycles. The normalized spacial score (nSPS) is 15.1. The van der Waals surface area contributed by atoms with Crippen molar-refractivity contribution in [1.29, 1.82) is 0 Å². The SMILES string of the molecule is COC(=O)c1ccc(Cl)cc1NC(=O)N1Cc2ccccc2-n2cccc2C1C. The summed E-state index contributed by atoms with van der Waals surface area (Å²) < 4.78 is 6.92. The van der Waals surface area contributed by atoms with Gasteiger partial charge in [0, 0.05) is 16.9 Å². The number of urea groups is 1. The number of fused-ring (bicyclic) bond motifs is 3. The van der Waals surface area contributed by atoms with Crippen LogP contribution in [0.1, 0.15) is 34.6 Å². The molecule has 4 rings (SSSR count). The van der Waals surface area contributed by atoms with Crippen molar-refractivity contribution in [2.75, 3.05) is 12.4 Å². The van der Waals surface area contributed by atoms with Gasteiger partial charge in [-0.3, -0.25) is 0 Å². The first-order valence-electron chi connectivity index (χ1n) is 9.20. The highest BCUT2D eigenvalue weighted by Crippen LogP contribution is 2.32. The van der Waals surface area contributed by atoms with Crippen LogP contribution in [0.4, 0.5) is 10.5 Å². The van der Waals surface area contributed by atoms with E-state index in [9.17, 15) is 9.59 Å². The number of carbonyl (C=O) groups is 2. The van der Waals surface area contributed by atoms with Gasteiger partial charge < -0.3 is 19.5 Å². The first-order chi connectivity index (χ1) is 14.0. The molecular formula is C22H20ClN3O3. The number of amides is 2. The number of hydrogen-bond donors (Lipinski definition) is 1. The number of halogens is 1. The molecule has 0 fully saturated rings. The van der Waals surface area contributed by atoms with Crippen molar-refractivity contribution in [3.05, 3.63) is 82.6 Å². The van der Waals surface area contributed by atoms with Gasteiger partial charge in [-0.15, -0.1) is 0 Å². The van der Waals surface area contributed by atoms with Crippen molar-refractivity contribution in [3.8, 4) is 5.69 Å². The Bertz CT molecular complexity index is 1090. The molecule has 1 aliphatic rings. The third-order valence-electron chi connectivity index (χ3n) is 5.16. The summed E-state index contributed by atoms with van der Waals surface area (Å²) in [6.45, 7) is 2.41. The van der Waals surface area contributed by atoms with E-state index in [0.29, 0.717) is 17.3 Å². The second-order valence-electron chi connectivity index (χ2n) is 6.85. The van der Waals surface area contributed by atoms with Gasteiger partial charge in [-0.1, -0.05) is 29.8 Å². The molecule has 1 aromatic heterocycles. The number of nitrogens with one attached hydrogen (secondary N) is 1. The van der Waals surface area contributed by atoms with Crippen molar-refractivity contribution in [2.45, 2.75) is 19.5 Å². The standard InChI is InChI=1S/C22H20ClN3O3/c1-14-19-8-5-11-25(19)20-7-4-3-6-15(20)13-26(14)22(28)24-18-12-16(23)9-10-17(18)21(27)29-2/h3-12,14H,13H2,1-2H3,(H,24,28). The fourth-order valence-corrected chi connectivity index (χ4v) is 3.83. The molecule has 29 heavy (non-hydrogen) atoms. The summed E-state index contributed by atoms with van der Waals surface area (Å²) in [6, 6.07) is 16.1. The Morgan fingerprint density at radius 1 is 1.14 bits per heavy atom. The average molecular weight is 410 g/mol. The zero-order chi connectivity index (χ0) is 20.5. The average Bonchev–Trinajstić information content (AvgIpc) is 3.17. The Hall–Kier alpha value is -3.25. The number of para-hydroxylation sites is 1. The van der Waals surface area contributed by atoms with Gasteiger partial charge >= 0.3 is 12.0 Å². The van der Waals surface area contributed by atoms with Gasteiger partial charge in [0.15, 0.2) is 0 Å². The quantitative estimate of drug-likeness (QED) is 0.604. The Morgan fingerprint density at radius 3 is 2.72 bits per heavy atom. The predicted molar refractivity (Wildman–Crippen MR) is 112 cm³/mol. The van der Waals surface area contributed by atoms with Crippen molar-refractivity contribution in [1.82, 2.24) is 9.47 Å². The number of nitrogens with zero attached hydrogens (tertiary/aromatic N) is 2. The van der Waals surface area contributed by atoms with E-state index in [0.717, 1.165) is 16.9 Å². The van der Waals surface area contributed by atoms with Gasteiger partial charge in [0.25, 0.3) is 0 Å². The maximum absolute atomic E-state index is 13.3. The maximum atomic E-state index is 13.3. The smallest absolute Gasteiger partial charge is 0.339 e. The lowest BCUT2D eigenvalue weighted by molar-refractivity contribution is 0.0602. The summed E-state index contributed by atoms with van der Waals surface area (Å²) in [4.78, 5) is 27.1. The van der Waals surface area contributed by atoms with E-state index in [1.807, 2.05) is 49.5 Å². The van der Waals surface area contributed by atoms with Crippen LogP contribution in [-0.2, 0) is 11.3 Å². The Labute approximate surface area is 173 Å². The fourth-order valence-electron chi connectivity index (χ4n) is 3.66. The third kappa shape index (κ3) is 3.47. The number of anilines is 1. The van der Waals surface area contributed by atoms with Crippen LogP contribution in [0.15, 0.2) is 60.8 Å². The summed E-state index contributed by atoms with van der Waals surface area (Å²) in [5.74, 6) is -0.542. The van der Waals surface area contributed by atoms with Crippen LogP contribution in [0, 0.1) is 0 Å². The molecular weight excluding hydrogens is 390 g/mol.